The van der Waals surface area contributed by atoms with E-state index in [0.29, 0.717) is 16.4 Å². The molecule has 4 rings (SSSR count). The first-order valence-corrected chi connectivity index (χ1v) is 11.3. The van der Waals surface area contributed by atoms with Crippen molar-refractivity contribution in [2.24, 2.45) is 0 Å². The Hall–Kier alpha value is -3.49. The maximum atomic E-state index is 13.5. The molecule has 0 radical (unpaired) electrons. The fourth-order valence-corrected chi connectivity index (χ4v) is 3.78. The molecule has 176 valence electrons. The van der Waals surface area contributed by atoms with E-state index in [9.17, 15) is 14.0 Å². The number of hydrogen-bond donors (Lipinski definition) is 1. The van der Waals surface area contributed by atoms with Crippen molar-refractivity contribution in [1.29, 1.82) is 0 Å². The molecule has 0 saturated carbocycles. The topological polar surface area (TPSA) is 68.8 Å². The third-order valence-corrected chi connectivity index (χ3v) is 5.91. The van der Waals surface area contributed by atoms with E-state index in [0.717, 1.165) is 37.6 Å². The molecule has 1 saturated heterocycles. The highest BCUT2D eigenvalue weighted by Crippen LogP contribution is 2.21. The van der Waals surface area contributed by atoms with Crippen molar-refractivity contribution in [3.8, 4) is 0 Å². The summed E-state index contributed by atoms with van der Waals surface area (Å²) < 4.78 is 13.5. The zero-order chi connectivity index (χ0) is 24.1. The molecule has 0 aliphatic carbocycles. The summed E-state index contributed by atoms with van der Waals surface area (Å²) in [5.74, 6) is -1.14. The Kier molecular flexibility index (Phi) is 7.40. The first-order valence-electron chi connectivity index (χ1n) is 10.9. The van der Waals surface area contributed by atoms with Gasteiger partial charge in [-0.05, 0) is 67.2 Å². The van der Waals surface area contributed by atoms with Crippen LogP contribution in [0.15, 0.2) is 66.9 Å². The Balaban J connectivity index is 1.51. The lowest BCUT2D eigenvalue weighted by atomic mass is 10.2. The maximum Gasteiger partial charge on any atom is 0.316 e. The highest BCUT2D eigenvalue weighted by Gasteiger charge is 2.24. The molecule has 34 heavy (non-hydrogen) atoms. The monoisotopic (exact) mass is 481 g/mol. The van der Waals surface area contributed by atoms with E-state index in [1.807, 2.05) is 12.1 Å². The summed E-state index contributed by atoms with van der Waals surface area (Å²) in [4.78, 5) is 36.2. The summed E-state index contributed by atoms with van der Waals surface area (Å²) in [6, 6.07) is 15.7. The molecule has 2 amide bonds. The van der Waals surface area contributed by atoms with Crippen LogP contribution in [0.4, 0.5) is 21.6 Å². The predicted molar refractivity (Wildman–Crippen MR) is 132 cm³/mol. The van der Waals surface area contributed by atoms with Gasteiger partial charge in [0.2, 0.25) is 0 Å². The normalized spacial score (nSPS) is 14.0. The van der Waals surface area contributed by atoms with Gasteiger partial charge in [-0.1, -0.05) is 17.7 Å². The average Bonchev–Trinajstić information content (AvgIpc) is 2.85. The number of likely N-dealkylation sites (N-methyl/N-ethyl adjacent to an activating group) is 1. The van der Waals surface area contributed by atoms with Crippen LogP contribution in [0.5, 0.6) is 0 Å². The van der Waals surface area contributed by atoms with Crippen LogP contribution in [0, 0.1) is 5.82 Å². The third kappa shape index (κ3) is 5.89. The van der Waals surface area contributed by atoms with Crippen molar-refractivity contribution < 1.29 is 14.0 Å². The third-order valence-electron chi connectivity index (χ3n) is 5.66. The molecular weight excluding hydrogens is 457 g/mol. The largest absolute Gasteiger partial charge is 0.354 e. The van der Waals surface area contributed by atoms with E-state index in [4.69, 9.17) is 11.6 Å². The highest BCUT2D eigenvalue weighted by molar-refractivity contribution is 6.44. The van der Waals surface area contributed by atoms with Gasteiger partial charge in [0.15, 0.2) is 0 Å². The second-order valence-electron chi connectivity index (χ2n) is 8.14. The van der Waals surface area contributed by atoms with Gasteiger partial charge in [0.25, 0.3) is 0 Å². The van der Waals surface area contributed by atoms with Crippen LogP contribution in [0.2, 0.25) is 5.02 Å². The van der Waals surface area contributed by atoms with Crippen LogP contribution in [-0.4, -0.2) is 54.9 Å². The highest BCUT2D eigenvalue weighted by atomic mass is 35.5. The van der Waals surface area contributed by atoms with Crippen LogP contribution >= 0.6 is 11.6 Å². The number of nitrogens with one attached hydrogen (secondary N) is 1. The van der Waals surface area contributed by atoms with Crippen molar-refractivity contribution in [1.82, 2.24) is 9.88 Å². The molecule has 7 nitrogen and oxygen atoms in total. The number of amides is 2. The maximum absolute atomic E-state index is 13.5. The van der Waals surface area contributed by atoms with E-state index in [1.54, 1.807) is 30.5 Å². The number of pyridine rings is 1. The molecule has 0 bridgehead atoms. The lowest BCUT2D eigenvalue weighted by Crippen LogP contribution is -2.44. The first-order chi connectivity index (χ1) is 16.4. The van der Waals surface area contributed by atoms with Crippen molar-refractivity contribution in [2.45, 2.75) is 6.54 Å². The molecular formula is C25H25ClFN5O2. The number of rotatable bonds is 5. The minimum Gasteiger partial charge on any atom is -0.354 e. The van der Waals surface area contributed by atoms with Crippen LogP contribution in [-0.2, 0) is 16.1 Å². The van der Waals surface area contributed by atoms with E-state index >= 15 is 0 Å². The molecule has 0 unspecified atom stereocenters. The number of piperazine rings is 1. The summed E-state index contributed by atoms with van der Waals surface area (Å²) in [5.41, 5.74) is 1.59. The molecule has 1 aliphatic rings. The lowest BCUT2D eigenvalue weighted by molar-refractivity contribution is -0.134. The molecule has 1 aliphatic heterocycles. The second kappa shape index (κ2) is 10.6. The Morgan fingerprint density at radius 1 is 1.00 bits per heavy atom. The van der Waals surface area contributed by atoms with Gasteiger partial charge in [-0.2, -0.15) is 0 Å². The van der Waals surface area contributed by atoms with Crippen LogP contribution < -0.4 is 15.1 Å². The van der Waals surface area contributed by atoms with Gasteiger partial charge in [-0.25, -0.2) is 9.37 Å². The number of nitrogens with zero attached hydrogens (tertiary/aromatic N) is 4. The van der Waals surface area contributed by atoms with Gasteiger partial charge < -0.3 is 15.1 Å². The fourth-order valence-electron chi connectivity index (χ4n) is 3.66. The predicted octanol–water partition coefficient (Wildman–Crippen LogP) is 3.80. The number of carbonyl (C=O) groups is 2. The smallest absolute Gasteiger partial charge is 0.316 e. The molecule has 1 aromatic heterocycles. The van der Waals surface area contributed by atoms with Crippen LogP contribution in [0.3, 0.4) is 0 Å². The van der Waals surface area contributed by atoms with E-state index < -0.39 is 17.6 Å². The SMILES string of the molecule is CN1CCN(c2ccc(CN(C(=O)C(=O)Nc3ccc(Cl)cc3)c3ccc(F)cc3)cn2)CC1. The van der Waals surface area contributed by atoms with Gasteiger partial charge in [0.1, 0.15) is 11.6 Å². The minimum absolute atomic E-state index is 0.106. The van der Waals surface area contributed by atoms with Gasteiger partial charge in [-0.3, -0.25) is 14.5 Å². The van der Waals surface area contributed by atoms with Gasteiger partial charge in [-0.15, -0.1) is 0 Å². The zero-order valence-electron chi connectivity index (χ0n) is 18.7. The standard InChI is InChI=1S/C25H25ClFN5O2/c1-30-12-14-31(15-13-30)23-11-2-18(16-28-23)17-32(22-9-5-20(27)6-10-22)25(34)24(33)29-21-7-3-19(26)4-8-21/h2-11,16H,12-15,17H2,1H3,(H,29,33). The first kappa shape index (κ1) is 23.7. The molecule has 9 heteroatoms. The van der Waals surface area contributed by atoms with Crippen LogP contribution in [0.1, 0.15) is 5.56 Å². The average molecular weight is 482 g/mol. The van der Waals surface area contributed by atoms with Crippen molar-refractivity contribution >= 4 is 40.6 Å². The Labute approximate surface area is 202 Å². The van der Waals surface area contributed by atoms with Crippen LogP contribution in [0.25, 0.3) is 0 Å². The fraction of sp³-hybridized carbons (Fsp3) is 0.240. The van der Waals surface area contributed by atoms with Gasteiger partial charge in [0.05, 0.1) is 6.54 Å². The molecule has 2 heterocycles. The van der Waals surface area contributed by atoms with Crippen molar-refractivity contribution in [3.63, 3.8) is 0 Å². The number of carbonyl (C=O) groups excluding carboxylic acids is 2. The quantitative estimate of drug-likeness (QED) is 0.561. The molecule has 0 atom stereocenters. The summed E-state index contributed by atoms with van der Waals surface area (Å²) in [7, 11) is 2.10. The number of hydrogen-bond acceptors (Lipinski definition) is 5. The number of anilines is 3. The summed E-state index contributed by atoms with van der Waals surface area (Å²) in [6.45, 7) is 3.84. The van der Waals surface area contributed by atoms with Crippen molar-refractivity contribution in [2.75, 3.05) is 48.3 Å². The Morgan fingerprint density at radius 3 is 2.29 bits per heavy atom. The Bertz CT molecular complexity index is 1130. The van der Waals surface area contributed by atoms with Gasteiger partial charge >= 0.3 is 11.8 Å². The van der Waals surface area contributed by atoms with E-state index in [1.165, 1.54) is 29.2 Å². The van der Waals surface area contributed by atoms with E-state index in [-0.39, 0.29) is 6.54 Å². The Morgan fingerprint density at radius 2 is 1.68 bits per heavy atom. The molecule has 0 spiro atoms. The minimum atomic E-state index is -0.811. The summed E-state index contributed by atoms with van der Waals surface area (Å²) >= 11 is 5.88. The molecule has 3 aromatic rings. The lowest BCUT2D eigenvalue weighted by Gasteiger charge is -2.33. The number of aromatic nitrogens is 1. The molecule has 1 fully saturated rings. The van der Waals surface area contributed by atoms with Crippen molar-refractivity contribution in [3.05, 3.63) is 83.3 Å². The van der Waals surface area contributed by atoms with Gasteiger partial charge in [0, 0.05) is 48.8 Å². The summed E-state index contributed by atoms with van der Waals surface area (Å²) in [5, 5.41) is 3.10. The zero-order valence-corrected chi connectivity index (χ0v) is 19.5. The second-order valence-corrected chi connectivity index (χ2v) is 8.58. The number of halogens is 2. The molecule has 2 aromatic carbocycles. The summed E-state index contributed by atoms with van der Waals surface area (Å²) in [6.07, 6.45) is 1.70. The molecule has 1 N–H and O–H groups in total. The van der Waals surface area contributed by atoms with E-state index in [2.05, 4.69) is 27.1 Å². The number of benzene rings is 2.